The molecule has 0 spiro atoms. The van der Waals surface area contributed by atoms with Crippen LogP contribution in [-0.4, -0.2) is 18.8 Å². The molecule has 0 aliphatic heterocycles. The van der Waals surface area contributed by atoms with Gasteiger partial charge in [0.2, 0.25) is 0 Å². The molecule has 0 aliphatic carbocycles. The number of unbranched alkanes of at least 4 members (excludes halogenated alkanes) is 10. The van der Waals surface area contributed by atoms with E-state index in [-0.39, 0.29) is 0 Å². The minimum absolute atomic E-state index is 0.803. The first-order chi connectivity index (χ1) is 27.7. The van der Waals surface area contributed by atoms with Crippen LogP contribution in [0.25, 0.3) is 33.8 Å². The second kappa shape index (κ2) is 19.7. The topological polar surface area (TPSA) is 34.6 Å². The second-order valence-electron chi connectivity index (χ2n) is 14.9. The van der Waals surface area contributed by atoms with Crippen molar-refractivity contribution in [2.75, 3.05) is 0 Å². The van der Waals surface area contributed by atoms with Crippen LogP contribution in [0.4, 0.5) is 0 Å². The Hall–Kier alpha value is -5.84. The van der Waals surface area contributed by atoms with Crippen LogP contribution in [0.3, 0.4) is 0 Å². The lowest BCUT2D eigenvalue weighted by Crippen LogP contribution is -1.99. The van der Waals surface area contributed by atoms with Crippen molar-refractivity contribution in [3.63, 3.8) is 0 Å². The minimum Gasteiger partial charge on any atom is -0.298 e. The van der Waals surface area contributed by atoms with Crippen molar-refractivity contribution in [3.8, 4) is 46.5 Å². The van der Waals surface area contributed by atoms with Gasteiger partial charge in [-0.15, -0.1) is 0 Å². The monoisotopic (exact) mass is 734 g/mol. The largest absolute Gasteiger partial charge is 0.298 e. The molecule has 282 valence electrons. The molecule has 0 radical (unpaired) electrons. The lowest BCUT2D eigenvalue weighted by atomic mass is 9.92. The smallest absolute Gasteiger partial charge is 0.146 e. The first-order valence-electron chi connectivity index (χ1n) is 21.0. The molecule has 4 heterocycles. The molecule has 3 aromatic carbocycles. The number of fused-ring (bicyclic) bond motifs is 2. The molecule has 0 N–H and O–H groups in total. The Morgan fingerprint density at radius 2 is 0.821 bits per heavy atom. The highest BCUT2D eigenvalue weighted by Gasteiger charge is 2.14. The molecule has 7 aromatic rings. The summed E-state index contributed by atoms with van der Waals surface area (Å²) in [5, 5.41) is 0. The van der Waals surface area contributed by atoms with Crippen molar-refractivity contribution in [1.29, 1.82) is 0 Å². The van der Waals surface area contributed by atoms with Gasteiger partial charge >= 0.3 is 0 Å². The fraction of sp³-hybridized carbons (Fsp3) is 0.308. The highest BCUT2D eigenvalue weighted by molar-refractivity contribution is 5.71. The van der Waals surface area contributed by atoms with Crippen LogP contribution >= 0.6 is 0 Å². The van der Waals surface area contributed by atoms with Crippen LogP contribution in [0, 0.1) is 23.7 Å². The molecule has 0 atom stereocenters. The van der Waals surface area contributed by atoms with E-state index in [1.165, 1.54) is 75.3 Å². The number of hydrogen-bond donors (Lipinski definition) is 0. The average molecular weight is 735 g/mol. The molecule has 4 heteroatoms. The van der Waals surface area contributed by atoms with Gasteiger partial charge in [-0.25, -0.2) is 9.97 Å². The van der Waals surface area contributed by atoms with Gasteiger partial charge in [0.05, 0.1) is 11.0 Å². The highest BCUT2D eigenvalue weighted by atomic mass is 15.0. The van der Waals surface area contributed by atoms with Crippen LogP contribution < -0.4 is 0 Å². The molecular formula is C52H54N4. The van der Waals surface area contributed by atoms with Gasteiger partial charge in [0, 0.05) is 34.6 Å². The van der Waals surface area contributed by atoms with E-state index in [0.717, 1.165) is 82.0 Å². The zero-order valence-electron chi connectivity index (χ0n) is 33.2. The van der Waals surface area contributed by atoms with Crippen molar-refractivity contribution in [2.45, 2.75) is 104 Å². The predicted octanol–water partition coefficient (Wildman–Crippen LogP) is 12.9. The van der Waals surface area contributed by atoms with E-state index in [0.29, 0.717) is 0 Å². The average Bonchev–Trinajstić information content (AvgIpc) is 3.81. The summed E-state index contributed by atoms with van der Waals surface area (Å²) >= 11 is 0. The van der Waals surface area contributed by atoms with Gasteiger partial charge in [0.15, 0.2) is 0 Å². The van der Waals surface area contributed by atoms with E-state index in [2.05, 4.69) is 156 Å². The molecule has 0 unspecified atom stereocenters. The molecule has 0 bridgehead atoms. The quantitative estimate of drug-likeness (QED) is 0.0732. The third-order valence-electron chi connectivity index (χ3n) is 10.7. The molecule has 4 nitrogen and oxygen atoms in total. The summed E-state index contributed by atoms with van der Waals surface area (Å²) in [6.45, 7) is 4.56. The van der Waals surface area contributed by atoms with E-state index in [1.54, 1.807) is 0 Å². The van der Waals surface area contributed by atoms with Crippen molar-refractivity contribution < 1.29 is 0 Å². The van der Waals surface area contributed by atoms with Gasteiger partial charge in [-0.05, 0) is 85.0 Å². The van der Waals surface area contributed by atoms with E-state index < -0.39 is 0 Å². The lowest BCUT2D eigenvalue weighted by Gasteiger charge is -2.12. The molecule has 0 fully saturated rings. The first-order valence-corrected chi connectivity index (χ1v) is 21.0. The predicted molar refractivity (Wildman–Crippen MR) is 234 cm³/mol. The number of aryl methyl sites for hydroxylation is 2. The summed E-state index contributed by atoms with van der Waals surface area (Å²) in [7, 11) is 0. The third-order valence-corrected chi connectivity index (χ3v) is 10.7. The number of aromatic nitrogens is 4. The number of hydrogen-bond acceptors (Lipinski definition) is 2. The van der Waals surface area contributed by atoms with Gasteiger partial charge in [-0.2, -0.15) is 0 Å². The molecule has 7 rings (SSSR count). The van der Waals surface area contributed by atoms with E-state index in [4.69, 9.17) is 9.97 Å². The van der Waals surface area contributed by atoms with Crippen LogP contribution in [0.2, 0.25) is 0 Å². The molecule has 56 heavy (non-hydrogen) atoms. The summed E-state index contributed by atoms with van der Waals surface area (Å²) in [6.07, 6.45) is 21.1. The summed E-state index contributed by atoms with van der Waals surface area (Å²) in [5.41, 5.74) is 10.6. The third kappa shape index (κ3) is 9.50. The molecular weight excluding hydrogens is 681 g/mol. The zero-order valence-corrected chi connectivity index (χ0v) is 33.2. The van der Waals surface area contributed by atoms with Gasteiger partial charge in [0.25, 0.3) is 0 Å². The maximum Gasteiger partial charge on any atom is 0.146 e. The highest BCUT2D eigenvalue weighted by Crippen LogP contribution is 2.26. The number of pyridine rings is 2. The number of nitrogens with zero attached hydrogens (tertiary/aromatic N) is 4. The molecule has 0 aliphatic rings. The Morgan fingerprint density at radius 3 is 1.25 bits per heavy atom. The number of benzene rings is 3. The Bertz CT molecular complexity index is 2290. The van der Waals surface area contributed by atoms with Crippen LogP contribution in [0.15, 0.2) is 122 Å². The zero-order chi connectivity index (χ0) is 38.4. The minimum atomic E-state index is 0.803. The number of imidazole rings is 2. The number of rotatable bonds is 16. The van der Waals surface area contributed by atoms with E-state index in [1.807, 2.05) is 12.1 Å². The molecule has 0 saturated heterocycles. The fourth-order valence-electron chi connectivity index (χ4n) is 7.62. The van der Waals surface area contributed by atoms with Gasteiger partial charge < -0.3 is 0 Å². The van der Waals surface area contributed by atoms with E-state index in [9.17, 15) is 0 Å². The Kier molecular flexibility index (Phi) is 13.5. The van der Waals surface area contributed by atoms with Crippen molar-refractivity contribution in [3.05, 3.63) is 155 Å². The van der Waals surface area contributed by atoms with Crippen LogP contribution in [0.1, 0.15) is 125 Å². The maximum atomic E-state index is 5.10. The Morgan fingerprint density at radius 1 is 0.429 bits per heavy atom. The summed E-state index contributed by atoms with van der Waals surface area (Å²) < 4.78 is 4.31. The fourth-order valence-corrected chi connectivity index (χ4v) is 7.62. The summed E-state index contributed by atoms with van der Waals surface area (Å²) in [5.74, 6) is 16.3. The normalized spacial score (nSPS) is 11.0. The van der Waals surface area contributed by atoms with Crippen LogP contribution in [-0.2, 0) is 12.8 Å². The second-order valence-corrected chi connectivity index (χ2v) is 14.9. The molecule has 0 saturated carbocycles. The molecule has 0 amide bonds. The van der Waals surface area contributed by atoms with Crippen molar-refractivity contribution >= 4 is 11.0 Å². The van der Waals surface area contributed by atoms with Gasteiger partial charge in [-0.3, -0.25) is 8.80 Å². The Labute approximate surface area is 334 Å². The van der Waals surface area contributed by atoms with Crippen molar-refractivity contribution in [2.24, 2.45) is 0 Å². The van der Waals surface area contributed by atoms with E-state index >= 15 is 0 Å². The summed E-state index contributed by atoms with van der Waals surface area (Å²) in [6, 6.07) is 38.0. The lowest BCUT2D eigenvalue weighted by molar-refractivity contribution is 0.605. The Balaban J connectivity index is 1.29. The maximum absolute atomic E-state index is 5.10. The SMILES string of the molecule is CCCCCCCCc1cc(C#Cc2nc(-c3ccccc3)n3ccccc23)c(CCCCCCCC)cc1C#Cc1nc(-c2ccccc2)n2ccccc12. The van der Waals surface area contributed by atoms with Gasteiger partial charge in [-0.1, -0.05) is 163 Å². The van der Waals surface area contributed by atoms with Crippen LogP contribution in [0.5, 0.6) is 0 Å². The molecule has 4 aromatic heterocycles. The first kappa shape index (κ1) is 38.4. The van der Waals surface area contributed by atoms with Gasteiger partial charge in [0.1, 0.15) is 23.0 Å². The summed E-state index contributed by atoms with van der Waals surface area (Å²) in [4.78, 5) is 10.2. The van der Waals surface area contributed by atoms with Crippen molar-refractivity contribution in [1.82, 2.24) is 18.8 Å². The standard InChI is InChI=1S/C52H54N4/c1-3-5-7-9-11-15-29-43-39-46(34-36-48-50-32-22-24-38-56(50)52(54-48)42-27-19-14-20-28-42)44(30-16-12-10-8-6-4-2)40-45(43)33-35-47-49-31-21-23-37-55(49)51(53-47)41-25-17-13-18-26-41/h13-14,17-28,31-32,37-40H,3-12,15-16,29-30H2,1-2H3.